The zero-order valence-electron chi connectivity index (χ0n) is 13.5. The molecule has 1 amide bonds. The van der Waals surface area contributed by atoms with Crippen molar-refractivity contribution in [3.05, 3.63) is 24.0 Å². The van der Waals surface area contributed by atoms with Gasteiger partial charge in [0.1, 0.15) is 5.82 Å². The maximum absolute atomic E-state index is 13.5. The minimum Gasteiger partial charge on any atom is -0.399 e. The Hall–Kier alpha value is -1.62. The molecule has 0 saturated carbocycles. The molecule has 0 heterocycles. The first-order valence-corrected chi connectivity index (χ1v) is 7.16. The zero-order chi connectivity index (χ0) is 16.2. The third-order valence-electron chi connectivity index (χ3n) is 3.87. The summed E-state index contributed by atoms with van der Waals surface area (Å²) in [5, 5.41) is 2.56. The highest BCUT2D eigenvalue weighted by Gasteiger charge is 2.23. The van der Waals surface area contributed by atoms with E-state index in [1.54, 1.807) is 0 Å². The highest BCUT2D eigenvalue weighted by Crippen LogP contribution is 2.23. The molecule has 3 N–H and O–H groups in total. The number of rotatable bonds is 5. The van der Waals surface area contributed by atoms with Crippen LogP contribution in [-0.2, 0) is 4.79 Å². The van der Waals surface area contributed by atoms with Crippen LogP contribution < -0.4 is 11.1 Å². The van der Waals surface area contributed by atoms with Gasteiger partial charge in [0.15, 0.2) is 0 Å². The molecule has 0 aliphatic carbocycles. The van der Waals surface area contributed by atoms with Crippen molar-refractivity contribution in [2.75, 3.05) is 24.6 Å². The molecule has 0 aliphatic rings. The van der Waals surface area contributed by atoms with E-state index in [4.69, 9.17) is 5.73 Å². The fourth-order valence-electron chi connectivity index (χ4n) is 1.98. The van der Waals surface area contributed by atoms with Gasteiger partial charge in [0.2, 0.25) is 5.91 Å². The summed E-state index contributed by atoms with van der Waals surface area (Å²) in [4.78, 5) is 14.0. The first kappa shape index (κ1) is 17.4. The van der Waals surface area contributed by atoms with E-state index in [9.17, 15) is 9.18 Å². The minimum absolute atomic E-state index is 0.131. The van der Waals surface area contributed by atoms with Crippen molar-refractivity contribution in [2.24, 2.45) is 5.41 Å². The molecule has 0 saturated heterocycles. The van der Waals surface area contributed by atoms with E-state index in [2.05, 4.69) is 37.9 Å². The topological polar surface area (TPSA) is 58.4 Å². The van der Waals surface area contributed by atoms with Crippen LogP contribution in [0.2, 0.25) is 0 Å². The van der Waals surface area contributed by atoms with Crippen LogP contribution >= 0.6 is 0 Å². The van der Waals surface area contributed by atoms with E-state index in [0.29, 0.717) is 24.7 Å². The number of nitrogens with one attached hydrogen (secondary N) is 1. The predicted octanol–water partition coefficient (Wildman–Crippen LogP) is 3.10. The molecular weight excluding hydrogens is 269 g/mol. The Morgan fingerprint density at radius 1 is 1.43 bits per heavy atom. The lowest BCUT2D eigenvalue weighted by Gasteiger charge is -2.35. The largest absolute Gasteiger partial charge is 0.399 e. The Kier molecular flexibility index (Phi) is 5.72. The van der Waals surface area contributed by atoms with E-state index < -0.39 is 5.82 Å². The van der Waals surface area contributed by atoms with Gasteiger partial charge in [-0.05, 0) is 37.6 Å². The number of hydrogen-bond acceptors (Lipinski definition) is 3. The Morgan fingerprint density at radius 3 is 2.62 bits per heavy atom. The Labute approximate surface area is 126 Å². The smallest absolute Gasteiger partial charge is 0.225 e. The molecule has 21 heavy (non-hydrogen) atoms. The summed E-state index contributed by atoms with van der Waals surface area (Å²) in [6.45, 7) is 9.24. The van der Waals surface area contributed by atoms with Gasteiger partial charge in [0.05, 0.1) is 5.69 Å². The van der Waals surface area contributed by atoms with Crippen LogP contribution in [0.15, 0.2) is 18.2 Å². The number of nitrogens with two attached hydrogens (primary N) is 1. The third-order valence-corrected chi connectivity index (χ3v) is 3.87. The summed E-state index contributed by atoms with van der Waals surface area (Å²) in [6.07, 6.45) is 0.311. The highest BCUT2D eigenvalue weighted by molar-refractivity contribution is 5.91. The lowest BCUT2D eigenvalue weighted by Crippen LogP contribution is -2.40. The van der Waals surface area contributed by atoms with Gasteiger partial charge in [-0.15, -0.1) is 0 Å². The SMILES string of the molecule is CC(N(C)CCC(=O)Nc1cc(N)ccc1F)C(C)(C)C. The number of anilines is 2. The van der Waals surface area contributed by atoms with Crippen LogP contribution in [0.4, 0.5) is 15.8 Å². The van der Waals surface area contributed by atoms with Gasteiger partial charge >= 0.3 is 0 Å². The van der Waals surface area contributed by atoms with E-state index in [1.807, 2.05) is 7.05 Å². The van der Waals surface area contributed by atoms with Crippen molar-refractivity contribution in [1.29, 1.82) is 0 Å². The molecule has 1 aromatic carbocycles. The quantitative estimate of drug-likeness (QED) is 0.821. The molecular formula is C16H26FN3O. The number of halogens is 1. The summed E-state index contributed by atoms with van der Waals surface area (Å²) in [6, 6.07) is 4.48. The molecule has 0 bridgehead atoms. The van der Waals surface area contributed by atoms with Crippen molar-refractivity contribution in [2.45, 2.75) is 40.2 Å². The van der Waals surface area contributed by atoms with Crippen LogP contribution in [0.25, 0.3) is 0 Å². The van der Waals surface area contributed by atoms with Gasteiger partial charge < -0.3 is 16.0 Å². The number of carbonyl (C=O) groups is 1. The maximum atomic E-state index is 13.5. The van der Waals surface area contributed by atoms with Crippen molar-refractivity contribution < 1.29 is 9.18 Å². The average Bonchev–Trinajstić information content (AvgIpc) is 2.38. The standard InChI is InChI=1S/C16H26FN3O/c1-11(16(2,3)4)20(5)9-8-15(21)19-14-10-12(18)6-7-13(14)17/h6-7,10-11H,8-9,18H2,1-5H3,(H,19,21). The normalized spacial score (nSPS) is 13.3. The third kappa shape index (κ3) is 5.34. The Balaban J connectivity index is 2.53. The van der Waals surface area contributed by atoms with Gasteiger partial charge in [-0.2, -0.15) is 0 Å². The zero-order valence-corrected chi connectivity index (χ0v) is 13.5. The summed E-state index contributed by atoms with van der Waals surface area (Å²) in [7, 11) is 1.99. The molecule has 4 nitrogen and oxygen atoms in total. The van der Waals surface area contributed by atoms with Crippen LogP contribution in [0, 0.1) is 11.2 Å². The van der Waals surface area contributed by atoms with Crippen molar-refractivity contribution in [3.63, 3.8) is 0 Å². The predicted molar refractivity (Wildman–Crippen MR) is 85.6 cm³/mol. The molecule has 1 aromatic rings. The molecule has 118 valence electrons. The summed E-state index contributed by atoms with van der Waals surface area (Å²) >= 11 is 0. The average molecular weight is 295 g/mol. The fourth-order valence-corrected chi connectivity index (χ4v) is 1.98. The molecule has 5 heteroatoms. The van der Waals surface area contributed by atoms with E-state index in [0.717, 1.165) is 0 Å². The molecule has 1 rings (SSSR count). The summed E-state index contributed by atoms with van der Waals surface area (Å²) in [5.41, 5.74) is 6.28. The molecule has 0 aromatic heterocycles. The minimum atomic E-state index is -0.478. The van der Waals surface area contributed by atoms with Gasteiger partial charge in [-0.25, -0.2) is 4.39 Å². The second-order valence-corrected chi connectivity index (χ2v) is 6.56. The van der Waals surface area contributed by atoms with Gasteiger partial charge in [0.25, 0.3) is 0 Å². The molecule has 0 fully saturated rings. The number of amides is 1. The maximum Gasteiger partial charge on any atom is 0.225 e. The number of hydrogen-bond donors (Lipinski definition) is 2. The number of benzene rings is 1. The number of carbonyl (C=O) groups excluding carboxylic acids is 1. The second-order valence-electron chi connectivity index (χ2n) is 6.56. The van der Waals surface area contributed by atoms with E-state index >= 15 is 0 Å². The molecule has 1 unspecified atom stereocenters. The number of nitrogen functional groups attached to an aromatic ring is 1. The van der Waals surface area contributed by atoms with E-state index in [-0.39, 0.29) is 17.0 Å². The van der Waals surface area contributed by atoms with Crippen molar-refractivity contribution in [1.82, 2.24) is 4.90 Å². The van der Waals surface area contributed by atoms with Crippen LogP contribution in [0.5, 0.6) is 0 Å². The summed E-state index contributed by atoms with van der Waals surface area (Å²) in [5.74, 6) is -0.693. The van der Waals surface area contributed by atoms with Gasteiger partial charge in [-0.3, -0.25) is 4.79 Å². The highest BCUT2D eigenvalue weighted by atomic mass is 19.1. The van der Waals surface area contributed by atoms with Gasteiger partial charge in [0, 0.05) is 24.7 Å². The van der Waals surface area contributed by atoms with Crippen LogP contribution in [0.3, 0.4) is 0 Å². The first-order chi connectivity index (χ1) is 9.61. The Morgan fingerprint density at radius 2 is 2.05 bits per heavy atom. The van der Waals surface area contributed by atoms with Gasteiger partial charge in [-0.1, -0.05) is 20.8 Å². The monoisotopic (exact) mass is 295 g/mol. The summed E-state index contributed by atoms with van der Waals surface area (Å²) < 4.78 is 13.5. The molecule has 0 aliphatic heterocycles. The Bertz CT molecular complexity index is 497. The second kappa shape index (κ2) is 6.89. The van der Waals surface area contributed by atoms with E-state index in [1.165, 1.54) is 18.2 Å². The van der Waals surface area contributed by atoms with Crippen molar-refractivity contribution >= 4 is 17.3 Å². The molecule has 0 spiro atoms. The van der Waals surface area contributed by atoms with Crippen LogP contribution in [0.1, 0.15) is 34.1 Å². The first-order valence-electron chi connectivity index (χ1n) is 7.16. The number of nitrogens with zero attached hydrogens (tertiary/aromatic N) is 1. The van der Waals surface area contributed by atoms with Crippen LogP contribution in [-0.4, -0.2) is 30.4 Å². The molecule has 0 radical (unpaired) electrons. The lowest BCUT2D eigenvalue weighted by molar-refractivity contribution is -0.116. The molecule has 1 atom stereocenters. The lowest BCUT2D eigenvalue weighted by atomic mass is 9.87. The van der Waals surface area contributed by atoms with Crippen molar-refractivity contribution in [3.8, 4) is 0 Å². The fraction of sp³-hybridized carbons (Fsp3) is 0.562.